The first-order valence-corrected chi connectivity index (χ1v) is 30.1. The molecule has 0 unspecified atom stereocenters. The van der Waals surface area contributed by atoms with Crippen LogP contribution in [-0.2, 0) is 5.41 Å². The smallest absolute Gasteiger partial charge is 0.111 e. The van der Waals surface area contributed by atoms with Crippen LogP contribution in [0.1, 0.15) is 36.6 Å². The third-order valence-electron chi connectivity index (χ3n) is 18.7. The molecule has 0 atom stereocenters. The summed E-state index contributed by atoms with van der Waals surface area (Å²) < 4.78 is 4.52. The van der Waals surface area contributed by atoms with Gasteiger partial charge in [0.05, 0.1) is 27.8 Å². The van der Waals surface area contributed by atoms with Crippen LogP contribution in [0.3, 0.4) is 0 Å². The highest BCUT2D eigenvalue weighted by molar-refractivity contribution is 6.24. The van der Waals surface area contributed by atoms with E-state index in [1.54, 1.807) is 0 Å². The van der Waals surface area contributed by atoms with Crippen molar-refractivity contribution in [2.24, 2.45) is 0 Å². The summed E-state index contributed by atoms with van der Waals surface area (Å²) in [5.41, 5.74) is 25.5. The molecule has 0 fully saturated rings. The van der Waals surface area contributed by atoms with Crippen molar-refractivity contribution in [1.29, 1.82) is 0 Å². The van der Waals surface area contributed by atoms with E-state index >= 15 is 0 Å². The minimum absolute atomic E-state index is 0.152. The van der Waals surface area contributed by atoms with Gasteiger partial charge in [-0.15, -0.1) is 0 Å². The molecule has 0 bridgehead atoms. The molecule has 87 heavy (non-hydrogen) atoms. The molecule has 410 valence electrons. The van der Waals surface area contributed by atoms with Gasteiger partial charge in [0.1, 0.15) is 11.6 Å². The number of para-hydroxylation sites is 4. The normalized spacial score (nSPS) is 12.7. The Hall–Kier alpha value is -11.0. The van der Waals surface area contributed by atoms with Crippen molar-refractivity contribution in [2.75, 3.05) is 0 Å². The third kappa shape index (κ3) is 7.89. The Balaban J connectivity index is 0.897. The quantitative estimate of drug-likeness (QED) is 0.143. The van der Waals surface area contributed by atoms with Gasteiger partial charge >= 0.3 is 0 Å². The summed E-state index contributed by atoms with van der Waals surface area (Å²) in [6, 6.07) is 98.7. The first-order chi connectivity index (χ1) is 42.7. The molecule has 5 heteroatoms. The fraction of sp³-hybridized carbons (Fsp3) is 0.0610. The van der Waals surface area contributed by atoms with E-state index in [0.29, 0.717) is 0 Å². The van der Waals surface area contributed by atoms with Crippen LogP contribution < -0.4 is 0 Å². The Morgan fingerprint density at radius 2 is 0.690 bits per heavy atom. The zero-order chi connectivity index (χ0) is 58.1. The van der Waals surface area contributed by atoms with Gasteiger partial charge in [0.15, 0.2) is 0 Å². The molecule has 16 aromatic rings. The maximum atomic E-state index is 4.94. The minimum atomic E-state index is -0.152. The lowest BCUT2D eigenvalue weighted by atomic mass is 9.80. The second-order valence-electron chi connectivity index (χ2n) is 23.9. The van der Waals surface area contributed by atoms with E-state index in [-0.39, 0.29) is 5.41 Å². The van der Waals surface area contributed by atoms with E-state index in [1.807, 2.05) is 18.3 Å². The summed E-state index contributed by atoms with van der Waals surface area (Å²) in [5, 5.41) is 9.63. The van der Waals surface area contributed by atoms with Crippen LogP contribution >= 0.6 is 0 Å². The maximum Gasteiger partial charge on any atom is 0.111 e. The molecule has 0 spiro atoms. The van der Waals surface area contributed by atoms with Crippen molar-refractivity contribution in [2.45, 2.75) is 33.1 Å². The largest absolute Gasteiger partial charge is 0.297 e. The molecule has 0 N–H and O–H groups in total. The molecule has 3 heterocycles. The number of rotatable bonds is 8. The van der Waals surface area contributed by atoms with Gasteiger partial charge in [-0.3, -0.25) is 14.1 Å². The highest BCUT2D eigenvalue weighted by Gasteiger charge is 2.35. The first kappa shape index (κ1) is 50.5. The Morgan fingerprint density at radius 1 is 0.299 bits per heavy atom. The molecule has 1 aliphatic carbocycles. The maximum absolute atomic E-state index is 4.94. The standard InChI is InChI=1S/C82H57N5/c1-50-84-74-24-11-13-26-76(74)86(50)59-39-32-54(33-40-59)79-64-19-6-5-18-63(64)78(53-30-28-52(29-31-53)73-23-15-16-46-83-73)67-44-36-56(47-69(67)79)57-37-45-68-70(48-57)80(55-34-41-60(42-35-55)87-51(2)85-75-25-12-14-27-77(75)87)65-20-7-8-21-66(65)81(68)58-38-43-62-61-17-9-10-22-71(61)82(3,4)72(62)49-58/h5-49H,1-4H3. The molecule has 0 saturated carbocycles. The van der Waals surface area contributed by atoms with Crippen molar-refractivity contribution < 1.29 is 0 Å². The zero-order valence-corrected chi connectivity index (χ0v) is 48.7. The average Bonchev–Trinajstić information content (AvgIpc) is 2.73. The van der Waals surface area contributed by atoms with Gasteiger partial charge in [-0.25, -0.2) is 9.97 Å². The second-order valence-corrected chi connectivity index (χ2v) is 23.9. The van der Waals surface area contributed by atoms with Crippen molar-refractivity contribution in [3.05, 3.63) is 296 Å². The number of benzene rings is 13. The van der Waals surface area contributed by atoms with E-state index in [2.05, 4.69) is 292 Å². The summed E-state index contributed by atoms with van der Waals surface area (Å²) in [7, 11) is 0. The number of nitrogens with zero attached hydrogens (tertiary/aromatic N) is 5. The van der Waals surface area contributed by atoms with Gasteiger partial charge in [0.25, 0.3) is 0 Å². The Kier molecular flexibility index (Phi) is 11.3. The number of hydrogen-bond donors (Lipinski definition) is 0. The molecule has 0 saturated heterocycles. The Labute approximate surface area is 504 Å². The molecule has 0 radical (unpaired) electrons. The highest BCUT2D eigenvalue weighted by atomic mass is 15.1. The minimum Gasteiger partial charge on any atom is -0.297 e. The summed E-state index contributed by atoms with van der Waals surface area (Å²) in [6.07, 6.45) is 1.86. The lowest BCUT2D eigenvalue weighted by molar-refractivity contribution is 0.660. The third-order valence-corrected chi connectivity index (χ3v) is 18.7. The number of pyridine rings is 1. The van der Waals surface area contributed by atoms with Crippen molar-refractivity contribution in [1.82, 2.24) is 24.1 Å². The molecule has 1 aliphatic rings. The first-order valence-electron chi connectivity index (χ1n) is 30.1. The van der Waals surface area contributed by atoms with Gasteiger partial charge in [-0.2, -0.15) is 0 Å². The number of hydrogen-bond acceptors (Lipinski definition) is 3. The van der Waals surface area contributed by atoms with E-state index in [1.165, 1.54) is 93.2 Å². The summed E-state index contributed by atoms with van der Waals surface area (Å²) in [5.74, 6) is 1.92. The summed E-state index contributed by atoms with van der Waals surface area (Å²) >= 11 is 0. The van der Waals surface area contributed by atoms with Gasteiger partial charge in [0, 0.05) is 28.6 Å². The van der Waals surface area contributed by atoms with Gasteiger partial charge in [0.2, 0.25) is 0 Å². The SMILES string of the molecule is Cc1nc2ccccc2n1-c1ccc(-c2c3ccccc3c(-c3ccc(-c4ccccn4)cc3)c3ccc(-c4ccc5c(-c6ccc7c(c6)C(C)(C)c6ccccc6-7)c6ccccc6c(-c6ccc(-n7c(C)nc8ccccc87)cc6)c5c4)cc23)cc1. The molecule has 17 rings (SSSR count). The number of aromatic nitrogens is 5. The average molecular weight is 1110 g/mol. The lowest BCUT2D eigenvalue weighted by Gasteiger charge is -2.23. The van der Waals surface area contributed by atoms with Gasteiger partial charge in [-0.05, 0) is 214 Å². The van der Waals surface area contributed by atoms with Crippen LogP contribution in [0.25, 0.3) is 155 Å². The molecular weight excluding hydrogens is 1050 g/mol. The van der Waals surface area contributed by atoms with Crippen molar-refractivity contribution in [3.8, 4) is 89.4 Å². The predicted molar refractivity (Wildman–Crippen MR) is 363 cm³/mol. The monoisotopic (exact) mass is 1110 g/mol. The van der Waals surface area contributed by atoms with Gasteiger partial charge < -0.3 is 0 Å². The topological polar surface area (TPSA) is 48.5 Å². The molecule has 5 nitrogen and oxygen atoms in total. The zero-order valence-electron chi connectivity index (χ0n) is 48.7. The van der Waals surface area contributed by atoms with Crippen LogP contribution in [0.5, 0.6) is 0 Å². The van der Waals surface area contributed by atoms with Crippen LogP contribution in [0, 0.1) is 13.8 Å². The fourth-order valence-electron chi connectivity index (χ4n) is 14.7. The summed E-state index contributed by atoms with van der Waals surface area (Å²) in [4.78, 5) is 14.6. The highest BCUT2D eigenvalue weighted by Crippen LogP contribution is 2.52. The van der Waals surface area contributed by atoms with E-state index in [0.717, 1.165) is 84.2 Å². The number of imidazole rings is 2. The van der Waals surface area contributed by atoms with Gasteiger partial charge in [-0.1, -0.05) is 202 Å². The molecule has 13 aromatic carbocycles. The Bertz CT molecular complexity index is 5470. The van der Waals surface area contributed by atoms with Crippen molar-refractivity contribution >= 4 is 65.2 Å². The van der Waals surface area contributed by atoms with Crippen LogP contribution in [-0.4, -0.2) is 24.1 Å². The lowest BCUT2D eigenvalue weighted by Crippen LogP contribution is -2.14. The van der Waals surface area contributed by atoms with Crippen molar-refractivity contribution in [3.63, 3.8) is 0 Å². The van der Waals surface area contributed by atoms with E-state index in [4.69, 9.17) is 15.0 Å². The predicted octanol–water partition coefficient (Wildman–Crippen LogP) is 21.3. The van der Waals surface area contributed by atoms with Crippen LogP contribution in [0.2, 0.25) is 0 Å². The number of aryl methyl sites for hydroxylation is 2. The van der Waals surface area contributed by atoms with E-state index in [9.17, 15) is 0 Å². The molecule has 0 amide bonds. The van der Waals surface area contributed by atoms with Crippen LogP contribution in [0.15, 0.2) is 273 Å². The Morgan fingerprint density at radius 3 is 1.21 bits per heavy atom. The second kappa shape index (κ2) is 19.5. The van der Waals surface area contributed by atoms with E-state index < -0.39 is 0 Å². The van der Waals surface area contributed by atoms with Crippen LogP contribution in [0.4, 0.5) is 0 Å². The molecular formula is C82H57N5. The fourth-order valence-corrected chi connectivity index (χ4v) is 14.7. The molecule has 0 aliphatic heterocycles. The summed E-state index contributed by atoms with van der Waals surface area (Å²) in [6.45, 7) is 8.94. The number of fused-ring (bicyclic) bond motifs is 9. The molecule has 3 aromatic heterocycles.